The third-order valence-electron chi connectivity index (χ3n) is 4.22. The van der Waals surface area contributed by atoms with Crippen molar-refractivity contribution in [3.63, 3.8) is 0 Å². The second-order valence-electron chi connectivity index (χ2n) is 6.17. The number of amides is 1. The average molecular weight is 373 g/mol. The number of esters is 1. The minimum Gasteiger partial charge on any atom is -0.448 e. The van der Waals surface area contributed by atoms with E-state index in [4.69, 9.17) is 10.00 Å². The molecule has 1 unspecified atom stereocenters. The van der Waals surface area contributed by atoms with Crippen LogP contribution in [0.2, 0.25) is 0 Å². The van der Waals surface area contributed by atoms with Crippen LogP contribution in [0.1, 0.15) is 23.8 Å². The first-order valence-corrected chi connectivity index (χ1v) is 8.90. The summed E-state index contributed by atoms with van der Waals surface area (Å²) in [6.45, 7) is 1.74. The molecule has 0 saturated carbocycles. The lowest BCUT2D eigenvalue weighted by atomic mass is 10.2. The molecule has 2 aromatic carbocycles. The Balaban J connectivity index is 1.75. The average Bonchev–Trinajstić information content (AvgIpc) is 2.74. The fraction of sp³-hybridized carbons (Fsp3) is 0.182. The molecule has 0 N–H and O–H groups in total. The quantitative estimate of drug-likeness (QED) is 0.615. The van der Waals surface area contributed by atoms with E-state index in [1.54, 1.807) is 42.5 Å². The summed E-state index contributed by atoms with van der Waals surface area (Å²) >= 11 is 0. The Hall–Kier alpha value is -3.72. The Morgan fingerprint density at radius 1 is 1.07 bits per heavy atom. The second-order valence-corrected chi connectivity index (χ2v) is 6.17. The first-order chi connectivity index (χ1) is 13.6. The normalized spacial score (nSPS) is 11.4. The standard InChI is InChI=1S/C22H19N3O3/c1-16(21(26)25(15-7-14-23)18-9-3-2-4-10-18)28-22(27)20-13-12-17-8-5-6-11-19(17)24-20/h2-6,8-13,16H,7,15H2,1H3. The molecule has 1 atom stereocenters. The zero-order valence-electron chi connectivity index (χ0n) is 15.4. The lowest BCUT2D eigenvalue weighted by Crippen LogP contribution is -2.40. The number of carbonyl (C=O) groups is 2. The molecule has 0 radical (unpaired) electrons. The molecule has 1 aromatic heterocycles. The zero-order valence-corrected chi connectivity index (χ0v) is 15.4. The summed E-state index contributed by atoms with van der Waals surface area (Å²) in [5.41, 5.74) is 1.46. The van der Waals surface area contributed by atoms with Crippen molar-refractivity contribution >= 4 is 28.5 Å². The van der Waals surface area contributed by atoms with Crippen LogP contribution in [-0.2, 0) is 9.53 Å². The molecular weight excluding hydrogens is 354 g/mol. The van der Waals surface area contributed by atoms with E-state index in [1.165, 1.54) is 11.8 Å². The van der Waals surface area contributed by atoms with Crippen molar-refractivity contribution in [3.05, 3.63) is 72.4 Å². The largest absolute Gasteiger partial charge is 0.448 e. The minimum absolute atomic E-state index is 0.140. The molecule has 0 aliphatic rings. The van der Waals surface area contributed by atoms with Crippen LogP contribution in [0.25, 0.3) is 10.9 Å². The molecule has 6 nitrogen and oxygen atoms in total. The Kier molecular flexibility index (Phi) is 5.97. The lowest BCUT2D eigenvalue weighted by molar-refractivity contribution is -0.126. The van der Waals surface area contributed by atoms with E-state index in [-0.39, 0.29) is 18.7 Å². The van der Waals surface area contributed by atoms with Gasteiger partial charge in [0, 0.05) is 17.6 Å². The van der Waals surface area contributed by atoms with Gasteiger partial charge in [-0.05, 0) is 31.2 Å². The van der Waals surface area contributed by atoms with E-state index in [0.717, 1.165) is 5.39 Å². The van der Waals surface area contributed by atoms with Gasteiger partial charge in [0.2, 0.25) is 0 Å². The molecule has 1 heterocycles. The highest BCUT2D eigenvalue weighted by atomic mass is 16.5. The summed E-state index contributed by atoms with van der Waals surface area (Å²) in [5, 5.41) is 9.79. The molecule has 140 valence electrons. The summed E-state index contributed by atoms with van der Waals surface area (Å²) in [5.74, 6) is -1.06. The van der Waals surface area contributed by atoms with E-state index in [2.05, 4.69) is 4.98 Å². The Labute approximate surface area is 163 Å². The third kappa shape index (κ3) is 4.33. The Morgan fingerprint density at radius 2 is 1.79 bits per heavy atom. The lowest BCUT2D eigenvalue weighted by Gasteiger charge is -2.25. The first kappa shape index (κ1) is 19.1. The maximum Gasteiger partial charge on any atom is 0.357 e. The van der Waals surface area contributed by atoms with Crippen LogP contribution in [0.3, 0.4) is 0 Å². The SMILES string of the molecule is CC(OC(=O)c1ccc2ccccc2n1)C(=O)N(CCC#N)c1ccccc1. The number of hydrogen-bond donors (Lipinski definition) is 0. The van der Waals surface area contributed by atoms with Gasteiger partial charge in [0.25, 0.3) is 5.91 Å². The monoisotopic (exact) mass is 373 g/mol. The van der Waals surface area contributed by atoms with Gasteiger partial charge >= 0.3 is 5.97 Å². The molecule has 0 spiro atoms. The zero-order chi connectivity index (χ0) is 19.9. The molecule has 0 aliphatic carbocycles. The Bertz CT molecular complexity index is 1030. The third-order valence-corrected chi connectivity index (χ3v) is 4.22. The van der Waals surface area contributed by atoms with Crippen LogP contribution in [0, 0.1) is 11.3 Å². The van der Waals surface area contributed by atoms with E-state index in [0.29, 0.717) is 11.2 Å². The second kappa shape index (κ2) is 8.78. The number of benzene rings is 2. The van der Waals surface area contributed by atoms with Gasteiger partial charge in [-0.1, -0.05) is 42.5 Å². The molecule has 0 fully saturated rings. The highest BCUT2D eigenvalue weighted by Gasteiger charge is 2.25. The van der Waals surface area contributed by atoms with Gasteiger partial charge in [0.1, 0.15) is 5.69 Å². The summed E-state index contributed by atoms with van der Waals surface area (Å²) in [6, 6.07) is 21.8. The van der Waals surface area contributed by atoms with Crippen molar-refractivity contribution < 1.29 is 14.3 Å². The number of nitrogens with zero attached hydrogens (tertiary/aromatic N) is 3. The predicted octanol–water partition coefficient (Wildman–Crippen LogP) is 3.73. The summed E-state index contributed by atoms with van der Waals surface area (Å²) in [7, 11) is 0. The van der Waals surface area contributed by atoms with Gasteiger partial charge in [0.15, 0.2) is 6.10 Å². The fourth-order valence-corrected chi connectivity index (χ4v) is 2.81. The van der Waals surface area contributed by atoms with Crippen molar-refractivity contribution in [2.75, 3.05) is 11.4 Å². The summed E-state index contributed by atoms with van der Waals surface area (Å²) in [6.07, 6.45) is -0.840. The number of hydrogen-bond acceptors (Lipinski definition) is 5. The molecule has 0 saturated heterocycles. The van der Waals surface area contributed by atoms with Gasteiger partial charge in [-0.2, -0.15) is 5.26 Å². The van der Waals surface area contributed by atoms with Gasteiger partial charge < -0.3 is 9.64 Å². The Morgan fingerprint density at radius 3 is 2.54 bits per heavy atom. The molecule has 3 aromatic rings. The number of rotatable bonds is 6. The van der Waals surface area contributed by atoms with Gasteiger partial charge in [-0.3, -0.25) is 4.79 Å². The first-order valence-electron chi connectivity index (χ1n) is 8.90. The summed E-state index contributed by atoms with van der Waals surface area (Å²) < 4.78 is 5.35. The topological polar surface area (TPSA) is 83.3 Å². The van der Waals surface area contributed by atoms with Gasteiger partial charge in [-0.15, -0.1) is 0 Å². The van der Waals surface area contributed by atoms with Crippen LogP contribution in [-0.4, -0.2) is 29.5 Å². The van der Waals surface area contributed by atoms with Crippen LogP contribution >= 0.6 is 0 Å². The van der Waals surface area contributed by atoms with E-state index in [1.807, 2.05) is 30.3 Å². The smallest absolute Gasteiger partial charge is 0.357 e. The van der Waals surface area contributed by atoms with Crippen LogP contribution < -0.4 is 4.90 Å². The van der Waals surface area contributed by atoms with Crippen LogP contribution in [0.4, 0.5) is 5.69 Å². The number of ether oxygens (including phenoxy) is 1. The highest BCUT2D eigenvalue weighted by molar-refractivity contribution is 5.99. The van der Waals surface area contributed by atoms with E-state index in [9.17, 15) is 9.59 Å². The number of para-hydroxylation sites is 2. The predicted molar refractivity (Wildman–Crippen MR) is 106 cm³/mol. The van der Waals surface area contributed by atoms with Gasteiger partial charge in [-0.25, -0.2) is 9.78 Å². The van der Waals surface area contributed by atoms with Crippen LogP contribution in [0.5, 0.6) is 0 Å². The number of nitriles is 1. The molecule has 0 aliphatic heterocycles. The maximum atomic E-state index is 12.8. The molecule has 6 heteroatoms. The van der Waals surface area contributed by atoms with Crippen molar-refractivity contribution in [2.24, 2.45) is 0 Å². The molecule has 3 rings (SSSR count). The number of aromatic nitrogens is 1. The van der Waals surface area contributed by atoms with Crippen molar-refractivity contribution in [2.45, 2.75) is 19.4 Å². The maximum absolute atomic E-state index is 12.8. The molecular formula is C22H19N3O3. The van der Waals surface area contributed by atoms with Crippen molar-refractivity contribution in [1.29, 1.82) is 5.26 Å². The fourth-order valence-electron chi connectivity index (χ4n) is 2.81. The number of fused-ring (bicyclic) bond motifs is 1. The molecule has 1 amide bonds. The van der Waals surface area contributed by atoms with E-state index < -0.39 is 18.0 Å². The van der Waals surface area contributed by atoms with Crippen molar-refractivity contribution in [1.82, 2.24) is 4.98 Å². The van der Waals surface area contributed by atoms with Crippen molar-refractivity contribution in [3.8, 4) is 6.07 Å². The number of pyridine rings is 1. The molecule has 0 bridgehead atoms. The summed E-state index contributed by atoms with van der Waals surface area (Å²) in [4.78, 5) is 31.1. The van der Waals surface area contributed by atoms with Gasteiger partial charge in [0.05, 0.1) is 18.0 Å². The number of anilines is 1. The molecule has 28 heavy (non-hydrogen) atoms. The minimum atomic E-state index is -1.01. The number of carbonyl (C=O) groups excluding carboxylic acids is 2. The van der Waals surface area contributed by atoms with Crippen LogP contribution in [0.15, 0.2) is 66.7 Å². The highest BCUT2D eigenvalue weighted by Crippen LogP contribution is 2.17. The van der Waals surface area contributed by atoms with E-state index >= 15 is 0 Å².